The van der Waals surface area contributed by atoms with Gasteiger partial charge in [0, 0.05) is 4.88 Å². The molecule has 0 N–H and O–H groups in total. The Balaban J connectivity index is 2.02. The van der Waals surface area contributed by atoms with Crippen LogP contribution in [0.1, 0.15) is 21.5 Å². The fraction of sp³-hybridized carbons (Fsp3) is 0.214. The molecular weight excluding hydrogens is 287 g/mol. The van der Waals surface area contributed by atoms with Crippen molar-refractivity contribution < 1.29 is 13.9 Å². The molecule has 1 aromatic carbocycles. The summed E-state index contributed by atoms with van der Waals surface area (Å²) in [6.07, 6.45) is 0.891. The van der Waals surface area contributed by atoms with Crippen molar-refractivity contribution in [3.8, 4) is 5.75 Å². The monoisotopic (exact) mass is 298 g/mol. The molecule has 0 bridgehead atoms. The van der Waals surface area contributed by atoms with Gasteiger partial charge in [0.2, 0.25) is 5.78 Å². The summed E-state index contributed by atoms with van der Waals surface area (Å²) in [5.74, 6) is -0.811. The van der Waals surface area contributed by atoms with E-state index in [1.54, 1.807) is 12.1 Å². The number of halogens is 2. The second-order valence-corrected chi connectivity index (χ2v) is 5.46. The molecule has 0 aliphatic rings. The van der Waals surface area contributed by atoms with Gasteiger partial charge in [0.25, 0.3) is 0 Å². The first-order valence-electron chi connectivity index (χ1n) is 5.80. The number of thiophene rings is 1. The van der Waals surface area contributed by atoms with Crippen molar-refractivity contribution in [2.75, 3.05) is 6.61 Å². The lowest BCUT2D eigenvalue weighted by Crippen LogP contribution is -2.10. The molecule has 0 amide bonds. The summed E-state index contributed by atoms with van der Waals surface area (Å²) in [5.41, 5.74) is 0. The molecule has 2 rings (SSSR count). The molecule has 0 unspecified atom stereocenters. The van der Waals surface area contributed by atoms with Crippen LogP contribution in [-0.4, -0.2) is 12.4 Å². The van der Waals surface area contributed by atoms with Gasteiger partial charge < -0.3 is 4.74 Å². The third-order valence-electron chi connectivity index (χ3n) is 2.56. The van der Waals surface area contributed by atoms with Crippen LogP contribution in [0.15, 0.2) is 30.3 Å². The van der Waals surface area contributed by atoms with Gasteiger partial charge in [-0.2, -0.15) is 0 Å². The van der Waals surface area contributed by atoms with Crippen molar-refractivity contribution in [2.24, 2.45) is 0 Å². The number of carbonyl (C=O) groups excluding carboxylic acids is 1. The van der Waals surface area contributed by atoms with Crippen molar-refractivity contribution in [1.29, 1.82) is 0 Å². The summed E-state index contributed by atoms with van der Waals surface area (Å²) in [7, 11) is 0. The Labute approximate surface area is 119 Å². The smallest absolute Gasteiger partial charge is 0.210 e. The molecule has 0 atom stereocenters. The number of hydrogen-bond donors (Lipinski definition) is 0. The maximum atomic E-state index is 13.5. The molecule has 0 radical (unpaired) electrons. The number of ketones is 1. The zero-order valence-electron chi connectivity index (χ0n) is 10.3. The van der Waals surface area contributed by atoms with Gasteiger partial charge in [-0.3, -0.25) is 4.79 Å². The molecule has 1 heterocycles. The molecule has 0 saturated heterocycles. The standard InChI is InChI=1S/C14H12ClFO2S/c1-2-9-6-7-13(19-9)11(17)8-18-12-5-3-4-10(15)14(12)16/h3-7H,2,8H2,1H3. The van der Waals surface area contributed by atoms with Crippen molar-refractivity contribution in [3.63, 3.8) is 0 Å². The first-order valence-corrected chi connectivity index (χ1v) is 7.00. The summed E-state index contributed by atoms with van der Waals surface area (Å²) in [6, 6.07) is 8.13. The lowest BCUT2D eigenvalue weighted by molar-refractivity contribution is 0.0923. The quantitative estimate of drug-likeness (QED) is 0.766. The fourth-order valence-electron chi connectivity index (χ4n) is 1.53. The molecule has 0 spiro atoms. The average molecular weight is 299 g/mol. The minimum absolute atomic E-state index is 0.00637. The van der Waals surface area contributed by atoms with Crippen molar-refractivity contribution in [3.05, 3.63) is 50.9 Å². The Morgan fingerprint density at radius 1 is 1.37 bits per heavy atom. The molecule has 19 heavy (non-hydrogen) atoms. The molecular formula is C14H12ClFO2S. The van der Waals surface area contributed by atoms with E-state index >= 15 is 0 Å². The Morgan fingerprint density at radius 2 is 2.16 bits per heavy atom. The van der Waals surface area contributed by atoms with Crippen molar-refractivity contribution in [2.45, 2.75) is 13.3 Å². The number of rotatable bonds is 5. The second-order valence-electron chi connectivity index (χ2n) is 3.88. The summed E-state index contributed by atoms with van der Waals surface area (Å²) < 4.78 is 18.7. The Bertz CT molecular complexity index is 595. The summed E-state index contributed by atoms with van der Waals surface area (Å²) >= 11 is 7.06. The van der Waals surface area contributed by atoms with Crippen LogP contribution in [0.2, 0.25) is 5.02 Å². The van der Waals surface area contributed by atoms with Gasteiger partial charge in [0.05, 0.1) is 9.90 Å². The Hall–Kier alpha value is -1.39. The summed E-state index contributed by atoms with van der Waals surface area (Å²) in [5, 5.41) is -0.0191. The molecule has 0 aliphatic carbocycles. The SMILES string of the molecule is CCc1ccc(C(=O)COc2cccc(Cl)c2F)s1. The van der Waals surface area contributed by atoms with E-state index in [2.05, 4.69) is 0 Å². The summed E-state index contributed by atoms with van der Waals surface area (Å²) in [6.45, 7) is 1.83. The number of carbonyl (C=O) groups is 1. The normalized spacial score (nSPS) is 10.5. The van der Waals surface area contributed by atoms with E-state index in [-0.39, 0.29) is 23.2 Å². The van der Waals surface area contributed by atoms with E-state index in [0.29, 0.717) is 4.88 Å². The fourth-order valence-corrected chi connectivity index (χ4v) is 2.57. The van der Waals surface area contributed by atoms with E-state index in [1.807, 2.05) is 13.0 Å². The highest BCUT2D eigenvalue weighted by molar-refractivity contribution is 7.14. The van der Waals surface area contributed by atoms with Crippen LogP contribution >= 0.6 is 22.9 Å². The maximum Gasteiger partial charge on any atom is 0.210 e. The van der Waals surface area contributed by atoms with Crippen LogP contribution in [0.3, 0.4) is 0 Å². The van der Waals surface area contributed by atoms with Crippen LogP contribution in [0.25, 0.3) is 0 Å². The molecule has 100 valence electrons. The van der Waals surface area contributed by atoms with E-state index in [4.69, 9.17) is 16.3 Å². The molecule has 5 heteroatoms. The third kappa shape index (κ3) is 3.33. The molecule has 2 nitrogen and oxygen atoms in total. The van der Waals surface area contributed by atoms with Crippen LogP contribution in [-0.2, 0) is 6.42 Å². The van der Waals surface area contributed by atoms with Gasteiger partial charge in [0.15, 0.2) is 18.2 Å². The van der Waals surface area contributed by atoms with Crippen LogP contribution in [0.5, 0.6) is 5.75 Å². The Kier molecular flexibility index (Phi) is 4.56. The second kappa shape index (κ2) is 6.17. The van der Waals surface area contributed by atoms with Crippen molar-refractivity contribution >= 4 is 28.7 Å². The van der Waals surface area contributed by atoms with Gasteiger partial charge in [-0.05, 0) is 30.7 Å². The lowest BCUT2D eigenvalue weighted by Gasteiger charge is -2.06. The number of Topliss-reactive ketones (excluding diaryl/α,β-unsaturated/α-hetero) is 1. The highest BCUT2D eigenvalue weighted by Gasteiger charge is 2.12. The predicted molar refractivity (Wildman–Crippen MR) is 74.9 cm³/mol. The number of ether oxygens (including phenoxy) is 1. The minimum atomic E-state index is -0.641. The first-order chi connectivity index (χ1) is 9.11. The average Bonchev–Trinajstić information content (AvgIpc) is 2.89. The van der Waals surface area contributed by atoms with E-state index < -0.39 is 5.82 Å². The maximum absolute atomic E-state index is 13.5. The number of benzene rings is 1. The minimum Gasteiger partial charge on any atom is -0.482 e. The molecule has 2 aromatic rings. The van der Waals surface area contributed by atoms with E-state index in [1.165, 1.54) is 23.5 Å². The topological polar surface area (TPSA) is 26.3 Å². The first kappa shape index (κ1) is 14.0. The van der Waals surface area contributed by atoms with Gasteiger partial charge in [-0.15, -0.1) is 11.3 Å². The van der Waals surface area contributed by atoms with Gasteiger partial charge in [-0.1, -0.05) is 24.6 Å². The third-order valence-corrected chi connectivity index (χ3v) is 4.12. The molecule has 0 saturated carbocycles. The largest absolute Gasteiger partial charge is 0.482 e. The van der Waals surface area contributed by atoms with Gasteiger partial charge >= 0.3 is 0 Å². The Morgan fingerprint density at radius 3 is 2.84 bits per heavy atom. The highest BCUT2D eigenvalue weighted by Crippen LogP contribution is 2.24. The van der Waals surface area contributed by atoms with E-state index in [9.17, 15) is 9.18 Å². The lowest BCUT2D eigenvalue weighted by atomic mass is 10.3. The highest BCUT2D eigenvalue weighted by atomic mass is 35.5. The number of aryl methyl sites for hydroxylation is 1. The van der Waals surface area contributed by atoms with Crippen molar-refractivity contribution in [1.82, 2.24) is 0 Å². The van der Waals surface area contributed by atoms with Gasteiger partial charge in [0.1, 0.15) is 0 Å². The predicted octanol–water partition coefficient (Wildman–Crippen LogP) is 4.36. The number of hydrogen-bond acceptors (Lipinski definition) is 3. The van der Waals surface area contributed by atoms with Crippen LogP contribution in [0.4, 0.5) is 4.39 Å². The van der Waals surface area contributed by atoms with Gasteiger partial charge in [-0.25, -0.2) is 4.39 Å². The summed E-state index contributed by atoms with van der Waals surface area (Å²) in [4.78, 5) is 13.6. The zero-order chi connectivity index (χ0) is 13.8. The molecule has 0 fully saturated rings. The van der Waals surface area contributed by atoms with Crippen LogP contribution < -0.4 is 4.74 Å². The van der Waals surface area contributed by atoms with Crippen LogP contribution in [0, 0.1) is 5.82 Å². The zero-order valence-corrected chi connectivity index (χ0v) is 11.9. The van der Waals surface area contributed by atoms with E-state index in [0.717, 1.165) is 11.3 Å². The molecule has 1 aromatic heterocycles. The molecule has 0 aliphatic heterocycles.